The van der Waals surface area contributed by atoms with Gasteiger partial charge in [-0.25, -0.2) is 9.50 Å². The number of hydrogen-bond donors (Lipinski definition) is 4. The molecule has 5 rings (SSSR count). The van der Waals surface area contributed by atoms with Gasteiger partial charge < -0.3 is 20.9 Å². The predicted octanol–water partition coefficient (Wildman–Crippen LogP) is 5.15. The number of aryl methyl sites for hydroxylation is 1. The monoisotopic (exact) mass is 533 g/mol. The fourth-order valence-corrected chi connectivity index (χ4v) is 4.95. The van der Waals surface area contributed by atoms with Gasteiger partial charge in [0.1, 0.15) is 11.3 Å². The number of fused-ring (bicyclic) bond motifs is 1. The summed E-state index contributed by atoms with van der Waals surface area (Å²) in [6.07, 6.45) is 5.04. The van der Waals surface area contributed by atoms with E-state index in [0.29, 0.717) is 11.0 Å². The lowest BCUT2D eigenvalue weighted by Crippen LogP contribution is -2.25. The third-order valence-electron chi connectivity index (χ3n) is 6.56. The van der Waals surface area contributed by atoms with Crippen LogP contribution < -0.4 is 16.0 Å². The zero-order valence-electron chi connectivity index (χ0n) is 22.1. The zero-order valence-corrected chi connectivity index (χ0v) is 22.9. The summed E-state index contributed by atoms with van der Waals surface area (Å²) in [4.78, 5) is 20.3. The highest BCUT2D eigenvalue weighted by Crippen LogP contribution is 2.32. The van der Waals surface area contributed by atoms with Crippen LogP contribution in [0.2, 0.25) is 0 Å². The van der Waals surface area contributed by atoms with Crippen molar-refractivity contribution in [1.82, 2.24) is 29.7 Å². The number of hydrogen-bond acceptors (Lipinski definition) is 8. The summed E-state index contributed by atoms with van der Waals surface area (Å²) in [6, 6.07) is 11.8. The largest absolute Gasteiger partial charge is 0.384 e. The van der Waals surface area contributed by atoms with Gasteiger partial charge in [0.05, 0.1) is 17.6 Å². The quantitative estimate of drug-likeness (QED) is 0.175. The Morgan fingerprint density at radius 2 is 1.95 bits per heavy atom. The fourth-order valence-electron chi connectivity index (χ4n) is 4.20. The van der Waals surface area contributed by atoms with Crippen LogP contribution in [0.1, 0.15) is 38.8 Å². The lowest BCUT2D eigenvalue weighted by Gasteiger charge is -2.17. The Kier molecular flexibility index (Phi) is 8.14. The Morgan fingerprint density at radius 1 is 1.16 bits per heavy atom. The van der Waals surface area contributed by atoms with Gasteiger partial charge in [0, 0.05) is 29.1 Å². The van der Waals surface area contributed by atoms with Crippen LogP contribution in [0.15, 0.2) is 52.6 Å². The maximum absolute atomic E-state index is 12.0. The minimum Gasteiger partial charge on any atom is -0.384 e. The molecular weight excluding hydrogens is 498 g/mol. The molecule has 3 aromatic heterocycles. The van der Waals surface area contributed by atoms with Crippen LogP contribution in [-0.4, -0.2) is 61.8 Å². The molecule has 0 radical (unpaired) electrons. The number of carbonyl (C=O) groups excluding carboxylic acids is 1. The third kappa shape index (κ3) is 6.65. The number of rotatable bonds is 13. The highest BCUT2D eigenvalue weighted by Gasteiger charge is 2.29. The maximum atomic E-state index is 12.0. The van der Waals surface area contributed by atoms with E-state index in [2.05, 4.69) is 51.0 Å². The zero-order chi connectivity index (χ0) is 26.5. The normalized spacial score (nSPS) is 13.3. The van der Waals surface area contributed by atoms with Gasteiger partial charge in [0.2, 0.25) is 11.1 Å². The highest BCUT2D eigenvalue weighted by atomic mass is 32.2. The number of aromatic nitrogens is 5. The van der Waals surface area contributed by atoms with Gasteiger partial charge in [-0.1, -0.05) is 13.8 Å². The van der Waals surface area contributed by atoms with Crippen LogP contribution >= 0.6 is 11.8 Å². The van der Waals surface area contributed by atoms with Gasteiger partial charge in [-0.2, -0.15) is 5.10 Å². The van der Waals surface area contributed by atoms with Crippen molar-refractivity contribution in [3.05, 3.63) is 48.3 Å². The van der Waals surface area contributed by atoms with Crippen molar-refractivity contribution in [3.63, 3.8) is 0 Å². The third-order valence-corrected chi connectivity index (χ3v) is 7.42. The first-order chi connectivity index (χ1) is 18.5. The molecule has 3 heterocycles. The Labute approximate surface area is 227 Å². The molecule has 200 valence electrons. The van der Waals surface area contributed by atoms with Crippen molar-refractivity contribution >= 4 is 46.2 Å². The van der Waals surface area contributed by atoms with E-state index in [1.165, 1.54) is 11.8 Å². The summed E-state index contributed by atoms with van der Waals surface area (Å²) in [5, 5.41) is 22.5. The summed E-state index contributed by atoms with van der Waals surface area (Å²) in [7, 11) is 0. The van der Waals surface area contributed by atoms with Gasteiger partial charge in [0.15, 0.2) is 5.82 Å². The van der Waals surface area contributed by atoms with Crippen molar-refractivity contribution in [2.45, 2.75) is 50.1 Å². The second kappa shape index (κ2) is 11.9. The Hall–Kier alpha value is -3.57. The average molecular weight is 534 g/mol. The first kappa shape index (κ1) is 26.1. The molecule has 38 heavy (non-hydrogen) atoms. The molecule has 1 aromatic carbocycles. The van der Waals surface area contributed by atoms with Gasteiger partial charge in [-0.3, -0.25) is 9.89 Å². The number of benzene rings is 1. The minimum absolute atomic E-state index is 0.106. The minimum atomic E-state index is 0.106. The number of nitrogens with one attached hydrogen (secondary N) is 4. The summed E-state index contributed by atoms with van der Waals surface area (Å²) < 4.78 is 1.86. The number of nitrogens with zero attached hydrogens (tertiary/aromatic N) is 5. The number of aromatic amines is 1. The van der Waals surface area contributed by atoms with E-state index in [-0.39, 0.29) is 11.8 Å². The number of H-pyrrole nitrogens is 1. The topological polar surface area (TPSA) is 115 Å². The summed E-state index contributed by atoms with van der Waals surface area (Å²) >= 11 is 1.47. The SMILES string of the molecule is CCN(CC)CCCNc1cc2c(Nc3cc(C)n[nH]3)nc(Sc3ccc(NC(=O)C4CC4)cc3)nn2c1. The first-order valence-corrected chi connectivity index (χ1v) is 14.1. The van der Waals surface area contributed by atoms with Gasteiger partial charge in [-0.15, -0.1) is 5.10 Å². The van der Waals surface area contributed by atoms with Crippen molar-refractivity contribution in [2.75, 3.05) is 42.1 Å². The molecule has 4 N–H and O–H groups in total. The molecular formula is C27H35N9OS. The van der Waals surface area contributed by atoms with Crippen molar-refractivity contribution in [3.8, 4) is 0 Å². The van der Waals surface area contributed by atoms with E-state index >= 15 is 0 Å². The fraction of sp³-hybridized carbons (Fsp3) is 0.407. The Balaban J connectivity index is 1.32. The molecule has 1 aliphatic rings. The molecule has 1 aliphatic carbocycles. The molecule has 0 bridgehead atoms. The number of amides is 1. The number of carbonyl (C=O) groups is 1. The second-order valence-electron chi connectivity index (χ2n) is 9.55. The number of anilines is 4. The molecule has 1 fully saturated rings. The van der Waals surface area contributed by atoms with Crippen molar-refractivity contribution in [1.29, 1.82) is 0 Å². The van der Waals surface area contributed by atoms with E-state index in [1.54, 1.807) is 0 Å². The first-order valence-electron chi connectivity index (χ1n) is 13.2. The van der Waals surface area contributed by atoms with Crippen molar-refractivity contribution in [2.24, 2.45) is 5.92 Å². The molecule has 0 atom stereocenters. The molecule has 1 amide bonds. The molecule has 0 saturated heterocycles. The Bertz CT molecular complexity index is 1370. The van der Waals surface area contributed by atoms with Crippen LogP contribution in [0.4, 0.5) is 23.0 Å². The summed E-state index contributed by atoms with van der Waals surface area (Å²) in [6.45, 7) is 10.4. The van der Waals surface area contributed by atoms with Gasteiger partial charge >= 0.3 is 0 Å². The van der Waals surface area contributed by atoms with Crippen molar-refractivity contribution < 1.29 is 4.79 Å². The molecule has 0 unspecified atom stereocenters. The molecule has 1 saturated carbocycles. The van der Waals surface area contributed by atoms with E-state index < -0.39 is 0 Å². The lowest BCUT2D eigenvalue weighted by atomic mass is 10.3. The maximum Gasteiger partial charge on any atom is 0.227 e. The molecule has 4 aromatic rings. The summed E-state index contributed by atoms with van der Waals surface area (Å²) in [5.41, 5.74) is 3.57. The molecule has 0 spiro atoms. The standard InChI is InChI=1S/C27H35N9OS/c1-4-35(5-2)14-6-13-28-21-16-23-25(30-24-15-18(3)32-33-24)31-27(34-36(23)17-21)38-22-11-9-20(10-12-22)29-26(37)19-7-8-19/h9-12,15-17,19,28H,4-8,13-14H2,1-3H3,(H,29,37)(H2,30,31,32,33,34). The highest BCUT2D eigenvalue weighted by molar-refractivity contribution is 7.99. The Morgan fingerprint density at radius 3 is 2.63 bits per heavy atom. The van der Waals surface area contributed by atoms with Crippen LogP contribution in [-0.2, 0) is 4.79 Å². The van der Waals surface area contributed by atoms with Crippen LogP contribution in [0.5, 0.6) is 0 Å². The van der Waals surface area contributed by atoms with E-state index in [1.807, 2.05) is 48.0 Å². The molecule has 0 aliphatic heterocycles. The van der Waals surface area contributed by atoms with Crippen LogP contribution in [0.25, 0.3) is 5.52 Å². The van der Waals surface area contributed by atoms with Gasteiger partial charge in [-0.05, 0) is 87.9 Å². The summed E-state index contributed by atoms with van der Waals surface area (Å²) in [5.74, 6) is 1.74. The van der Waals surface area contributed by atoms with Gasteiger partial charge in [0.25, 0.3) is 0 Å². The molecule has 11 heteroatoms. The van der Waals surface area contributed by atoms with E-state index in [4.69, 9.17) is 10.1 Å². The lowest BCUT2D eigenvalue weighted by molar-refractivity contribution is -0.117. The van der Waals surface area contributed by atoms with Crippen LogP contribution in [0.3, 0.4) is 0 Å². The smallest absolute Gasteiger partial charge is 0.227 e. The average Bonchev–Trinajstić information content (AvgIpc) is 3.57. The van der Waals surface area contributed by atoms with E-state index in [0.717, 1.165) is 78.7 Å². The van der Waals surface area contributed by atoms with E-state index in [9.17, 15) is 4.79 Å². The molecule has 10 nitrogen and oxygen atoms in total. The van der Waals surface area contributed by atoms with Crippen LogP contribution in [0, 0.1) is 12.8 Å². The predicted molar refractivity (Wildman–Crippen MR) is 152 cm³/mol. The second-order valence-corrected chi connectivity index (χ2v) is 10.6.